The van der Waals surface area contributed by atoms with Gasteiger partial charge in [0.05, 0.1) is 7.11 Å². The summed E-state index contributed by atoms with van der Waals surface area (Å²) in [6.45, 7) is 0. The Morgan fingerprint density at radius 3 is 2.27 bits per heavy atom. The quantitative estimate of drug-likeness (QED) is 0.448. The highest BCUT2D eigenvalue weighted by molar-refractivity contribution is 5.75. The van der Waals surface area contributed by atoms with E-state index in [2.05, 4.69) is 4.74 Å². The zero-order chi connectivity index (χ0) is 11.6. The topological polar surface area (TPSA) is 105 Å². The molecule has 0 aliphatic carbocycles. The lowest BCUT2D eigenvalue weighted by Gasteiger charge is -2.38. The van der Waals surface area contributed by atoms with E-state index in [4.69, 9.17) is 9.47 Å². The van der Waals surface area contributed by atoms with Crippen molar-refractivity contribution in [1.29, 1.82) is 0 Å². The van der Waals surface area contributed by atoms with Crippen molar-refractivity contribution < 1.29 is 34.3 Å². The second kappa shape index (κ2) is 4.86. The van der Waals surface area contributed by atoms with E-state index in [-0.39, 0.29) is 0 Å². The molecule has 1 aliphatic rings. The Morgan fingerprint density at radius 2 is 1.80 bits per heavy atom. The number of aliphatic hydroxyl groups excluding tert-OH is 3. The fourth-order valence-corrected chi connectivity index (χ4v) is 1.42. The molecule has 7 heteroatoms. The molecule has 5 atom stereocenters. The van der Waals surface area contributed by atoms with E-state index in [1.54, 1.807) is 0 Å². The molecule has 0 bridgehead atoms. The summed E-state index contributed by atoms with van der Waals surface area (Å²) < 4.78 is 14.0. The van der Waals surface area contributed by atoms with Crippen molar-refractivity contribution in [2.75, 3.05) is 14.2 Å². The van der Waals surface area contributed by atoms with E-state index in [0.29, 0.717) is 0 Å². The van der Waals surface area contributed by atoms with Crippen LogP contribution in [0.15, 0.2) is 0 Å². The molecule has 1 saturated heterocycles. The van der Waals surface area contributed by atoms with Crippen molar-refractivity contribution in [3.05, 3.63) is 0 Å². The molecule has 0 aromatic carbocycles. The molecule has 3 unspecified atom stereocenters. The third kappa shape index (κ3) is 2.27. The number of hydrogen-bond donors (Lipinski definition) is 3. The molecule has 1 rings (SSSR count). The maximum atomic E-state index is 11.2. The van der Waals surface area contributed by atoms with Crippen LogP contribution < -0.4 is 0 Å². The summed E-state index contributed by atoms with van der Waals surface area (Å²) in [7, 11) is 2.39. The summed E-state index contributed by atoms with van der Waals surface area (Å²) in [5.74, 6) is -0.785. The lowest BCUT2D eigenvalue weighted by molar-refractivity contribution is -0.284. The molecule has 0 aromatic rings. The molecule has 15 heavy (non-hydrogen) atoms. The van der Waals surface area contributed by atoms with E-state index in [0.717, 1.165) is 7.11 Å². The number of carbonyl (C=O) groups excluding carboxylic acids is 1. The Bertz CT molecular complexity index is 231. The van der Waals surface area contributed by atoms with Crippen LogP contribution in [0, 0.1) is 0 Å². The second-order valence-corrected chi connectivity index (χ2v) is 3.15. The van der Waals surface area contributed by atoms with Crippen molar-refractivity contribution in [2.24, 2.45) is 0 Å². The van der Waals surface area contributed by atoms with E-state index >= 15 is 0 Å². The number of hydrogen-bond acceptors (Lipinski definition) is 7. The molecular formula is C8H14O7. The molecule has 88 valence electrons. The van der Waals surface area contributed by atoms with Gasteiger partial charge in [-0.3, -0.25) is 0 Å². The smallest absolute Gasteiger partial charge is 0.337 e. The zero-order valence-corrected chi connectivity index (χ0v) is 8.36. The first kappa shape index (κ1) is 12.3. The van der Waals surface area contributed by atoms with E-state index < -0.39 is 36.7 Å². The van der Waals surface area contributed by atoms with E-state index in [9.17, 15) is 20.1 Å². The Hall–Kier alpha value is -0.730. The van der Waals surface area contributed by atoms with Gasteiger partial charge in [0.1, 0.15) is 18.3 Å². The van der Waals surface area contributed by atoms with E-state index in [1.165, 1.54) is 7.11 Å². The minimum atomic E-state index is -1.64. The average molecular weight is 222 g/mol. The van der Waals surface area contributed by atoms with Gasteiger partial charge in [0.15, 0.2) is 12.4 Å². The van der Waals surface area contributed by atoms with Crippen molar-refractivity contribution in [2.45, 2.75) is 30.7 Å². The summed E-state index contributed by atoms with van der Waals surface area (Å²) in [6, 6.07) is 0. The molecule has 0 saturated carbocycles. The molecule has 0 amide bonds. The van der Waals surface area contributed by atoms with Crippen LogP contribution in [-0.2, 0) is 19.0 Å². The Labute approximate surface area is 86.2 Å². The van der Waals surface area contributed by atoms with Gasteiger partial charge in [0.2, 0.25) is 0 Å². The van der Waals surface area contributed by atoms with Crippen LogP contribution in [0.4, 0.5) is 0 Å². The molecule has 7 nitrogen and oxygen atoms in total. The molecule has 1 heterocycles. The molecule has 3 N–H and O–H groups in total. The fraction of sp³-hybridized carbons (Fsp3) is 0.875. The van der Waals surface area contributed by atoms with Gasteiger partial charge < -0.3 is 29.5 Å². The van der Waals surface area contributed by atoms with Gasteiger partial charge in [-0.1, -0.05) is 0 Å². The van der Waals surface area contributed by atoms with Gasteiger partial charge in [0, 0.05) is 7.11 Å². The Kier molecular flexibility index (Phi) is 4.00. The average Bonchev–Trinajstić information content (AvgIpc) is 2.24. The van der Waals surface area contributed by atoms with Crippen LogP contribution in [-0.4, -0.2) is 66.2 Å². The van der Waals surface area contributed by atoms with Crippen molar-refractivity contribution >= 4 is 5.97 Å². The van der Waals surface area contributed by atoms with Gasteiger partial charge in [0.25, 0.3) is 0 Å². The highest BCUT2D eigenvalue weighted by atomic mass is 16.7. The number of esters is 1. The van der Waals surface area contributed by atoms with E-state index in [1.807, 2.05) is 0 Å². The van der Waals surface area contributed by atoms with Gasteiger partial charge in [-0.15, -0.1) is 0 Å². The summed E-state index contributed by atoms with van der Waals surface area (Å²) in [6.07, 6.45) is -6.90. The highest BCUT2D eigenvalue weighted by Crippen LogP contribution is 2.22. The van der Waals surface area contributed by atoms with Crippen LogP contribution >= 0.6 is 0 Å². The lowest BCUT2D eigenvalue weighted by atomic mass is 9.99. The number of ether oxygens (including phenoxy) is 3. The number of carbonyl (C=O) groups is 1. The molecule has 1 fully saturated rings. The minimum absolute atomic E-state index is 0.785. The first-order valence-corrected chi connectivity index (χ1v) is 4.33. The molecular weight excluding hydrogens is 208 g/mol. The molecule has 1 aliphatic heterocycles. The maximum Gasteiger partial charge on any atom is 0.337 e. The SMILES string of the molecule is COC(=O)[C@@H]1OC(O)C(O)C(O)[C@H]1OC. The van der Waals surface area contributed by atoms with Gasteiger partial charge in [-0.05, 0) is 0 Å². The highest BCUT2D eigenvalue weighted by Gasteiger charge is 2.47. The first-order valence-electron chi connectivity index (χ1n) is 4.33. The van der Waals surface area contributed by atoms with Crippen LogP contribution in [0.1, 0.15) is 0 Å². The first-order chi connectivity index (χ1) is 7.02. The van der Waals surface area contributed by atoms with Gasteiger partial charge in [-0.25, -0.2) is 4.79 Å². The monoisotopic (exact) mass is 222 g/mol. The summed E-state index contributed by atoms with van der Waals surface area (Å²) >= 11 is 0. The Balaban J connectivity index is 2.82. The number of methoxy groups -OCH3 is 2. The fourth-order valence-electron chi connectivity index (χ4n) is 1.42. The van der Waals surface area contributed by atoms with Crippen LogP contribution in [0.3, 0.4) is 0 Å². The molecule has 0 aromatic heterocycles. The standard InChI is InChI=1S/C8H14O7/c1-13-5-3(9)4(10)7(11)15-6(5)8(12)14-2/h3-7,9-11H,1-2H3/t3?,4?,5-,6-,7?/m1/s1. The summed E-state index contributed by atoms with van der Waals surface area (Å²) in [5.41, 5.74) is 0. The Morgan fingerprint density at radius 1 is 1.20 bits per heavy atom. The summed E-state index contributed by atoms with van der Waals surface area (Å²) in [4.78, 5) is 11.2. The van der Waals surface area contributed by atoms with Gasteiger partial charge >= 0.3 is 5.97 Å². The van der Waals surface area contributed by atoms with Crippen LogP contribution in [0.2, 0.25) is 0 Å². The lowest BCUT2D eigenvalue weighted by Crippen LogP contribution is -2.60. The third-order valence-corrected chi connectivity index (χ3v) is 2.27. The van der Waals surface area contributed by atoms with Crippen LogP contribution in [0.25, 0.3) is 0 Å². The third-order valence-electron chi connectivity index (χ3n) is 2.27. The predicted molar refractivity (Wildman–Crippen MR) is 45.7 cm³/mol. The van der Waals surface area contributed by atoms with Crippen molar-refractivity contribution in [3.8, 4) is 0 Å². The van der Waals surface area contributed by atoms with Gasteiger partial charge in [-0.2, -0.15) is 0 Å². The predicted octanol–water partition coefficient (Wildman–Crippen LogP) is -2.39. The molecule has 0 spiro atoms. The van der Waals surface area contributed by atoms with Crippen molar-refractivity contribution in [3.63, 3.8) is 0 Å². The summed E-state index contributed by atoms with van der Waals surface area (Å²) in [5, 5.41) is 27.9. The number of rotatable bonds is 2. The second-order valence-electron chi connectivity index (χ2n) is 3.15. The minimum Gasteiger partial charge on any atom is -0.467 e. The van der Waals surface area contributed by atoms with Crippen LogP contribution in [0.5, 0.6) is 0 Å². The van der Waals surface area contributed by atoms with Crippen molar-refractivity contribution in [1.82, 2.24) is 0 Å². The molecule has 0 radical (unpaired) electrons. The zero-order valence-electron chi connectivity index (χ0n) is 8.36. The largest absolute Gasteiger partial charge is 0.467 e. The maximum absolute atomic E-state index is 11.2. The normalized spacial score (nSPS) is 41.3. The number of aliphatic hydroxyl groups is 3.